The second-order valence-corrected chi connectivity index (χ2v) is 4.10. The van der Waals surface area contributed by atoms with E-state index in [1.165, 1.54) is 0 Å². The van der Waals surface area contributed by atoms with E-state index in [4.69, 9.17) is 10.8 Å². The molecule has 3 N–H and O–H groups in total. The van der Waals surface area contributed by atoms with Crippen molar-refractivity contribution in [2.75, 3.05) is 6.54 Å². The first-order valence-corrected chi connectivity index (χ1v) is 5.54. The highest BCUT2D eigenvalue weighted by atomic mass is 16.4. The molecule has 3 nitrogen and oxygen atoms in total. The molecule has 0 radical (unpaired) electrons. The zero-order valence-electron chi connectivity index (χ0n) is 9.33. The Morgan fingerprint density at radius 3 is 2.50 bits per heavy atom. The van der Waals surface area contributed by atoms with Crippen LogP contribution in [0.3, 0.4) is 0 Å². The molecule has 0 saturated heterocycles. The molecule has 0 saturated carbocycles. The van der Waals surface area contributed by atoms with Crippen molar-refractivity contribution in [2.45, 2.75) is 46.0 Å². The molecular weight excluding hydrogens is 178 g/mol. The fraction of sp³-hybridized carbons (Fsp3) is 0.909. The van der Waals surface area contributed by atoms with Gasteiger partial charge in [0.1, 0.15) is 0 Å². The lowest BCUT2D eigenvalue weighted by molar-refractivity contribution is -0.142. The standard InChI is InChI=1S/C11H23NO2/c1-3-5-9(2)8-10(11(13)14)6-4-7-12/h9-10H,3-8,12H2,1-2H3,(H,13,14). The Balaban J connectivity index is 3.89. The lowest BCUT2D eigenvalue weighted by atomic mass is 9.90. The van der Waals surface area contributed by atoms with Crippen LogP contribution < -0.4 is 5.73 Å². The molecule has 14 heavy (non-hydrogen) atoms. The Morgan fingerprint density at radius 1 is 1.43 bits per heavy atom. The van der Waals surface area contributed by atoms with Gasteiger partial charge >= 0.3 is 5.97 Å². The third-order valence-electron chi connectivity index (χ3n) is 2.57. The maximum absolute atomic E-state index is 10.9. The fourth-order valence-corrected chi connectivity index (χ4v) is 1.80. The average Bonchev–Trinajstić information content (AvgIpc) is 2.12. The van der Waals surface area contributed by atoms with Gasteiger partial charge in [-0.2, -0.15) is 0 Å². The molecule has 2 atom stereocenters. The van der Waals surface area contributed by atoms with E-state index in [0.717, 1.165) is 32.1 Å². The van der Waals surface area contributed by atoms with E-state index in [1.54, 1.807) is 0 Å². The van der Waals surface area contributed by atoms with Gasteiger partial charge < -0.3 is 10.8 Å². The van der Waals surface area contributed by atoms with Crippen molar-refractivity contribution in [1.29, 1.82) is 0 Å². The normalized spacial score (nSPS) is 15.1. The van der Waals surface area contributed by atoms with Crippen molar-refractivity contribution in [3.8, 4) is 0 Å². The predicted octanol–water partition coefficient (Wildman–Crippen LogP) is 2.25. The van der Waals surface area contributed by atoms with Crippen molar-refractivity contribution >= 4 is 5.97 Å². The van der Waals surface area contributed by atoms with Gasteiger partial charge in [-0.3, -0.25) is 4.79 Å². The highest BCUT2D eigenvalue weighted by Crippen LogP contribution is 2.20. The number of carboxylic acid groups (broad SMARTS) is 1. The topological polar surface area (TPSA) is 63.3 Å². The van der Waals surface area contributed by atoms with Gasteiger partial charge in [0.05, 0.1) is 5.92 Å². The van der Waals surface area contributed by atoms with Crippen LogP contribution in [-0.4, -0.2) is 17.6 Å². The molecular formula is C11H23NO2. The maximum Gasteiger partial charge on any atom is 0.306 e. The molecule has 0 bridgehead atoms. The molecule has 0 aromatic carbocycles. The van der Waals surface area contributed by atoms with Gasteiger partial charge in [-0.25, -0.2) is 0 Å². The third kappa shape index (κ3) is 5.97. The van der Waals surface area contributed by atoms with Crippen molar-refractivity contribution in [3.63, 3.8) is 0 Å². The van der Waals surface area contributed by atoms with Gasteiger partial charge in [0.25, 0.3) is 0 Å². The summed E-state index contributed by atoms with van der Waals surface area (Å²) in [4.78, 5) is 10.9. The van der Waals surface area contributed by atoms with Crippen LogP contribution >= 0.6 is 0 Å². The summed E-state index contributed by atoms with van der Waals surface area (Å²) in [7, 11) is 0. The molecule has 0 aromatic heterocycles. The highest BCUT2D eigenvalue weighted by molar-refractivity contribution is 5.69. The minimum Gasteiger partial charge on any atom is -0.481 e. The first-order valence-electron chi connectivity index (χ1n) is 5.54. The lowest BCUT2D eigenvalue weighted by Gasteiger charge is -2.16. The second-order valence-electron chi connectivity index (χ2n) is 4.10. The van der Waals surface area contributed by atoms with Crippen LogP contribution in [-0.2, 0) is 4.79 Å². The Bertz CT molecular complexity index is 159. The van der Waals surface area contributed by atoms with Crippen molar-refractivity contribution in [2.24, 2.45) is 17.6 Å². The van der Waals surface area contributed by atoms with E-state index in [9.17, 15) is 4.79 Å². The number of aliphatic carboxylic acids is 1. The lowest BCUT2D eigenvalue weighted by Crippen LogP contribution is -2.18. The summed E-state index contributed by atoms with van der Waals surface area (Å²) in [6.45, 7) is 4.85. The van der Waals surface area contributed by atoms with Crippen LogP contribution in [0.15, 0.2) is 0 Å². The molecule has 0 spiro atoms. The van der Waals surface area contributed by atoms with Gasteiger partial charge in [0, 0.05) is 0 Å². The Hall–Kier alpha value is -0.570. The SMILES string of the molecule is CCCC(C)CC(CCCN)C(=O)O. The molecule has 84 valence electrons. The summed E-state index contributed by atoms with van der Waals surface area (Å²) >= 11 is 0. The van der Waals surface area contributed by atoms with E-state index in [0.29, 0.717) is 12.5 Å². The maximum atomic E-state index is 10.9. The summed E-state index contributed by atoms with van der Waals surface area (Å²) in [5, 5.41) is 8.98. The molecule has 0 aromatic rings. The van der Waals surface area contributed by atoms with Gasteiger partial charge in [0.15, 0.2) is 0 Å². The van der Waals surface area contributed by atoms with Crippen LogP contribution in [0.1, 0.15) is 46.0 Å². The van der Waals surface area contributed by atoms with E-state index >= 15 is 0 Å². The van der Waals surface area contributed by atoms with Crippen molar-refractivity contribution < 1.29 is 9.90 Å². The van der Waals surface area contributed by atoms with Gasteiger partial charge in [-0.05, 0) is 31.7 Å². The number of carboxylic acids is 1. The van der Waals surface area contributed by atoms with Gasteiger partial charge in [0.2, 0.25) is 0 Å². The number of carbonyl (C=O) groups is 1. The monoisotopic (exact) mass is 201 g/mol. The molecule has 0 aliphatic carbocycles. The summed E-state index contributed by atoms with van der Waals surface area (Å²) < 4.78 is 0. The highest BCUT2D eigenvalue weighted by Gasteiger charge is 2.19. The molecule has 0 aliphatic heterocycles. The summed E-state index contributed by atoms with van der Waals surface area (Å²) in [5.41, 5.74) is 5.37. The summed E-state index contributed by atoms with van der Waals surface area (Å²) in [6, 6.07) is 0. The van der Waals surface area contributed by atoms with Gasteiger partial charge in [-0.1, -0.05) is 26.7 Å². The smallest absolute Gasteiger partial charge is 0.306 e. The molecule has 0 rings (SSSR count). The summed E-state index contributed by atoms with van der Waals surface area (Å²) in [5.74, 6) is -0.347. The van der Waals surface area contributed by atoms with E-state index in [1.807, 2.05) is 0 Å². The molecule has 0 amide bonds. The number of nitrogens with two attached hydrogens (primary N) is 1. The first-order chi connectivity index (χ1) is 6.61. The molecule has 0 aliphatic rings. The van der Waals surface area contributed by atoms with Crippen LogP contribution in [0, 0.1) is 11.8 Å². The van der Waals surface area contributed by atoms with Crippen molar-refractivity contribution in [3.05, 3.63) is 0 Å². The third-order valence-corrected chi connectivity index (χ3v) is 2.57. The van der Waals surface area contributed by atoms with Crippen molar-refractivity contribution in [1.82, 2.24) is 0 Å². The largest absolute Gasteiger partial charge is 0.481 e. The number of hydrogen-bond acceptors (Lipinski definition) is 2. The van der Waals surface area contributed by atoms with E-state index in [2.05, 4.69) is 13.8 Å². The second kappa shape index (κ2) is 7.80. The minimum absolute atomic E-state index is 0.194. The molecule has 0 heterocycles. The quantitative estimate of drug-likeness (QED) is 0.633. The first kappa shape index (κ1) is 13.4. The average molecular weight is 201 g/mol. The molecule has 3 heteroatoms. The molecule has 2 unspecified atom stereocenters. The minimum atomic E-state index is -0.665. The summed E-state index contributed by atoms with van der Waals surface area (Å²) in [6.07, 6.45) is 4.58. The van der Waals surface area contributed by atoms with Crippen LogP contribution in [0.4, 0.5) is 0 Å². The fourth-order valence-electron chi connectivity index (χ4n) is 1.80. The zero-order valence-corrected chi connectivity index (χ0v) is 9.33. The Morgan fingerprint density at radius 2 is 2.07 bits per heavy atom. The predicted molar refractivity (Wildman–Crippen MR) is 58.1 cm³/mol. The Labute approximate surface area is 86.7 Å². The van der Waals surface area contributed by atoms with Crippen LogP contribution in [0.2, 0.25) is 0 Å². The van der Waals surface area contributed by atoms with Crippen LogP contribution in [0.5, 0.6) is 0 Å². The van der Waals surface area contributed by atoms with E-state index in [-0.39, 0.29) is 5.92 Å². The number of hydrogen-bond donors (Lipinski definition) is 2. The van der Waals surface area contributed by atoms with Crippen LogP contribution in [0.25, 0.3) is 0 Å². The zero-order chi connectivity index (χ0) is 11.0. The Kier molecular flexibility index (Phi) is 7.48. The van der Waals surface area contributed by atoms with Gasteiger partial charge in [-0.15, -0.1) is 0 Å². The van der Waals surface area contributed by atoms with E-state index < -0.39 is 5.97 Å². The molecule has 0 fully saturated rings. The number of rotatable bonds is 8.